The molecule has 0 radical (unpaired) electrons. The van der Waals surface area contributed by atoms with Crippen LogP contribution in [0, 0.1) is 5.92 Å². The van der Waals surface area contributed by atoms with Crippen molar-refractivity contribution in [1.82, 2.24) is 14.5 Å². The van der Waals surface area contributed by atoms with Crippen molar-refractivity contribution in [2.75, 3.05) is 13.7 Å². The number of aromatic nitrogens is 2. The Morgan fingerprint density at radius 1 is 1.14 bits per heavy atom. The van der Waals surface area contributed by atoms with Gasteiger partial charge in [0.25, 0.3) is 0 Å². The molecule has 0 aliphatic rings. The summed E-state index contributed by atoms with van der Waals surface area (Å²) in [6.45, 7) is 8.88. The molecule has 0 bridgehead atoms. The summed E-state index contributed by atoms with van der Waals surface area (Å²) in [5, 5.41) is 0.0121. The molecule has 0 atom stereocenters. The maximum atomic E-state index is 13.4. The molecule has 0 spiro atoms. The van der Waals surface area contributed by atoms with E-state index in [1.54, 1.807) is 53.1 Å². The van der Waals surface area contributed by atoms with Gasteiger partial charge >= 0.3 is 0 Å². The molecule has 0 aliphatic heterocycles. The number of nitrogens with zero attached hydrogens (tertiary/aromatic N) is 3. The molecule has 0 aliphatic carbocycles. The highest BCUT2D eigenvalue weighted by Crippen LogP contribution is 2.22. The van der Waals surface area contributed by atoms with Crippen LogP contribution < -0.4 is 4.74 Å². The highest BCUT2D eigenvalue weighted by Gasteiger charge is 2.26. The molecule has 8 heteroatoms. The lowest BCUT2D eigenvalue weighted by molar-refractivity contribution is -0.130. The minimum Gasteiger partial charge on any atom is -0.497 e. The van der Waals surface area contributed by atoms with Gasteiger partial charge in [-0.1, -0.05) is 62.4 Å². The molecule has 1 heterocycles. The minimum absolute atomic E-state index is 0.0121. The molecular weight excluding hydrogens is 462 g/mol. The number of carbonyl (C=O) groups excluding carboxylic acids is 1. The Hall–Kier alpha value is -3.39. The largest absolute Gasteiger partial charge is 0.497 e. The SMILES string of the molecule is C=CCN(Cc1cnc(S(=O)(=O)Cc2cccc(OC)c2)n1CC(C)C)C(=O)Cc1ccccc1. The average molecular weight is 496 g/mol. The second-order valence-corrected chi connectivity index (χ2v) is 10.8. The molecule has 2 aromatic carbocycles. The van der Waals surface area contributed by atoms with Crippen molar-refractivity contribution in [3.05, 3.63) is 90.3 Å². The van der Waals surface area contributed by atoms with E-state index in [1.165, 1.54) is 0 Å². The summed E-state index contributed by atoms with van der Waals surface area (Å²) in [7, 11) is -2.19. The number of carbonyl (C=O) groups is 1. The fourth-order valence-electron chi connectivity index (χ4n) is 3.86. The van der Waals surface area contributed by atoms with Crippen molar-refractivity contribution >= 4 is 15.7 Å². The smallest absolute Gasteiger partial charge is 0.228 e. The molecule has 1 aromatic heterocycles. The van der Waals surface area contributed by atoms with E-state index in [9.17, 15) is 13.2 Å². The lowest BCUT2D eigenvalue weighted by Gasteiger charge is -2.23. The minimum atomic E-state index is -3.74. The van der Waals surface area contributed by atoms with Gasteiger partial charge in [0.05, 0.1) is 37.7 Å². The van der Waals surface area contributed by atoms with Gasteiger partial charge in [0.15, 0.2) is 0 Å². The maximum Gasteiger partial charge on any atom is 0.228 e. The van der Waals surface area contributed by atoms with Crippen LogP contribution in [0.25, 0.3) is 0 Å². The summed E-state index contributed by atoms with van der Waals surface area (Å²) in [5.41, 5.74) is 2.21. The molecule has 3 rings (SSSR count). The van der Waals surface area contributed by atoms with Gasteiger partial charge in [0, 0.05) is 13.1 Å². The van der Waals surface area contributed by atoms with Gasteiger partial charge in [-0.25, -0.2) is 13.4 Å². The summed E-state index contributed by atoms with van der Waals surface area (Å²) in [4.78, 5) is 19.1. The summed E-state index contributed by atoms with van der Waals surface area (Å²) in [6.07, 6.45) is 3.49. The second-order valence-electron chi connectivity index (χ2n) is 8.87. The molecular formula is C27H33N3O4S. The first-order valence-corrected chi connectivity index (χ1v) is 13.2. The number of imidazole rings is 1. The lowest BCUT2D eigenvalue weighted by Crippen LogP contribution is -2.33. The van der Waals surface area contributed by atoms with E-state index in [0.29, 0.717) is 30.1 Å². The Labute approximate surface area is 208 Å². The van der Waals surface area contributed by atoms with Crippen molar-refractivity contribution in [3.8, 4) is 5.75 Å². The summed E-state index contributed by atoms with van der Waals surface area (Å²) < 4.78 is 33.7. The number of hydrogen-bond acceptors (Lipinski definition) is 5. The lowest BCUT2D eigenvalue weighted by atomic mass is 10.1. The summed E-state index contributed by atoms with van der Waals surface area (Å²) in [5.74, 6) is 0.527. The van der Waals surface area contributed by atoms with Crippen LogP contribution >= 0.6 is 0 Å². The van der Waals surface area contributed by atoms with Crippen LogP contribution in [0.5, 0.6) is 5.75 Å². The molecule has 0 saturated heterocycles. The first-order valence-electron chi connectivity index (χ1n) is 11.6. The second kappa shape index (κ2) is 11.8. The van der Waals surface area contributed by atoms with Crippen molar-refractivity contribution in [1.29, 1.82) is 0 Å². The van der Waals surface area contributed by atoms with Gasteiger partial charge in [0.2, 0.25) is 20.9 Å². The number of methoxy groups -OCH3 is 1. The quantitative estimate of drug-likeness (QED) is 0.350. The van der Waals surface area contributed by atoms with Crippen molar-refractivity contribution in [2.24, 2.45) is 5.92 Å². The van der Waals surface area contributed by atoms with Crippen LogP contribution in [0.15, 0.2) is 78.6 Å². The normalized spacial score (nSPS) is 11.4. The topological polar surface area (TPSA) is 81.5 Å². The highest BCUT2D eigenvalue weighted by molar-refractivity contribution is 7.90. The van der Waals surface area contributed by atoms with Crippen LogP contribution in [-0.4, -0.2) is 42.4 Å². The van der Waals surface area contributed by atoms with E-state index in [0.717, 1.165) is 5.56 Å². The van der Waals surface area contributed by atoms with Gasteiger partial charge in [-0.05, 0) is 29.2 Å². The third-order valence-electron chi connectivity index (χ3n) is 5.47. The van der Waals surface area contributed by atoms with Crippen LogP contribution in [0.4, 0.5) is 0 Å². The predicted molar refractivity (Wildman–Crippen MR) is 137 cm³/mol. The summed E-state index contributed by atoms with van der Waals surface area (Å²) >= 11 is 0. The van der Waals surface area contributed by atoms with Crippen molar-refractivity contribution in [2.45, 2.75) is 44.3 Å². The first-order chi connectivity index (χ1) is 16.7. The van der Waals surface area contributed by atoms with E-state index in [1.807, 2.05) is 44.2 Å². The van der Waals surface area contributed by atoms with E-state index < -0.39 is 9.84 Å². The fraction of sp³-hybridized carbons (Fsp3) is 0.333. The van der Waals surface area contributed by atoms with E-state index >= 15 is 0 Å². The van der Waals surface area contributed by atoms with Gasteiger partial charge in [-0.15, -0.1) is 6.58 Å². The Morgan fingerprint density at radius 2 is 1.86 bits per heavy atom. The Bertz CT molecular complexity index is 1250. The van der Waals surface area contributed by atoms with Crippen LogP contribution in [-0.2, 0) is 39.9 Å². The number of ether oxygens (including phenoxy) is 1. The van der Waals surface area contributed by atoms with Crippen LogP contribution in [0.2, 0.25) is 0 Å². The Kier molecular flexibility index (Phi) is 8.87. The molecule has 186 valence electrons. The number of sulfone groups is 1. The molecule has 1 amide bonds. The number of amides is 1. The van der Waals surface area contributed by atoms with Crippen LogP contribution in [0.3, 0.4) is 0 Å². The molecule has 35 heavy (non-hydrogen) atoms. The molecule has 3 aromatic rings. The molecule has 0 fully saturated rings. The van der Waals surface area contributed by atoms with Gasteiger partial charge in [0.1, 0.15) is 5.75 Å². The molecule has 0 N–H and O–H groups in total. The standard InChI is InChI=1S/C27H33N3O4S/c1-5-14-29(26(31)16-22-10-7-6-8-11-22)19-24-17-28-27(30(24)18-21(2)3)35(32,33)20-23-12-9-13-25(15-23)34-4/h5-13,15,17,21H,1,14,16,18-20H2,2-4H3. The molecule has 0 saturated carbocycles. The number of benzene rings is 2. The van der Waals surface area contributed by atoms with Gasteiger partial charge < -0.3 is 14.2 Å². The molecule has 7 nitrogen and oxygen atoms in total. The fourth-order valence-corrected chi connectivity index (χ4v) is 5.35. The van der Waals surface area contributed by atoms with E-state index in [-0.39, 0.29) is 35.7 Å². The number of hydrogen-bond donors (Lipinski definition) is 0. The Morgan fingerprint density at radius 3 is 2.51 bits per heavy atom. The highest BCUT2D eigenvalue weighted by atomic mass is 32.2. The molecule has 0 unspecified atom stereocenters. The van der Waals surface area contributed by atoms with Gasteiger partial charge in [-0.2, -0.15) is 0 Å². The maximum absolute atomic E-state index is 13.4. The van der Waals surface area contributed by atoms with E-state index in [2.05, 4.69) is 11.6 Å². The van der Waals surface area contributed by atoms with Crippen molar-refractivity contribution in [3.63, 3.8) is 0 Å². The Balaban J connectivity index is 1.89. The number of rotatable bonds is 12. The zero-order valence-electron chi connectivity index (χ0n) is 20.6. The van der Waals surface area contributed by atoms with Gasteiger partial charge in [-0.3, -0.25) is 4.79 Å². The summed E-state index contributed by atoms with van der Waals surface area (Å²) in [6, 6.07) is 16.5. The van der Waals surface area contributed by atoms with Crippen molar-refractivity contribution < 1.29 is 17.9 Å². The predicted octanol–water partition coefficient (Wildman–Crippen LogP) is 4.28. The third kappa shape index (κ3) is 7.05. The third-order valence-corrected chi connectivity index (χ3v) is 7.07. The van der Waals surface area contributed by atoms with Crippen LogP contribution in [0.1, 0.15) is 30.7 Å². The zero-order chi connectivity index (χ0) is 25.4. The first kappa shape index (κ1) is 26.2. The average Bonchev–Trinajstić information content (AvgIpc) is 3.21. The zero-order valence-corrected chi connectivity index (χ0v) is 21.4. The van der Waals surface area contributed by atoms with E-state index in [4.69, 9.17) is 4.74 Å². The monoisotopic (exact) mass is 495 g/mol.